The van der Waals surface area contributed by atoms with Crippen LogP contribution in [0.15, 0.2) is 24.3 Å². The highest BCUT2D eigenvalue weighted by Crippen LogP contribution is 2.24. The summed E-state index contributed by atoms with van der Waals surface area (Å²) in [5.41, 5.74) is 2.40. The van der Waals surface area contributed by atoms with E-state index in [9.17, 15) is 8.42 Å². The fraction of sp³-hybridized carbons (Fsp3) is 0.571. The van der Waals surface area contributed by atoms with E-state index in [0.29, 0.717) is 26.2 Å². The van der Waals surface area contributed by atoms with Gasteiger partial charge in [-0.15, -0.1) is 0 Å². The number of hydrogen-bond donors (Lipinski definition) is 1. The summed E-state index contributed by atoms with van der Waals surface area (Å²) >= 11 is 0. The van der Waals surface area contributed by atoms with E-state index in [0.717, 1.165) is 18.4 Å². The highest BCUT2D eigenvalue weighted by Gasteiger charge is 2.36. The van der Waals surface area contributed by atoms with Gasteiger partial charge in [0.05, 0.1) is 0 Å². The minimum absolute atomic E-state index is 0.279. The maximum atomic E-state index is 12.7. The number of benzene rings is 1. The molecule has 0 radical (unpaired) electrons. The first kappa shape index (κ1) is 14.0. The second kappa shape index (κ2) is 5.44. The fourth-order valence-corrected chi connectivity index (χ4v) is 4.66. The second-order valence-corrected chi connectivity index (χ2v) is 7.42. The Kier molecular flexibility index (Phi) is 3.81. The third-order valence-corrected chi connectivity index (χ3v) is 6.26. The van der Waals surface area contributed by atoms with Gasteiger partial charge in [0.25, 0.3) is 10.2 Å². The highest BCUT2D eigenvalue weighted by atomic mass is 32.2. The molecule has 1 unspecified atom stereocenters. The smallest absolute Gasteiger partial charge is 0.282 e. The summed E-state index contributed by atoms with van der Waals surface area (Å²) in [6.45, 7) is 2.28. The van der Waals surface area contributed by atoms with Gasteiger partial charge in [-0.05, 0) is 31.0 Å². The summed E-state index contributed by atoms with van der Waals surface area (Å²) in [6, 6.07) is 8.38. The molecule has 2 aliphatic rings. The third-order valence-electron chi connectivity index (χ3n) is 4.31. The van der Waals surface area contributed by atoms with Gasteiger partial charge in [0.15, 0.2) is 0 Å². The maximum absolute atomic E-state index is 12.7. The summed E-state index contributed by atoms with van der Waals surface area (Å²) in [5, 5.41) is 3.16. The Bertz CT molecular complexity index is 588. The Morgan fingerprint density at radius 3 is 2.60 bits per heavy atom. The largest absolute Gasteiger partial charge is 0.316 e. The molecular weight excluding hydrogens is 274 g/mol. The summed E-state index contributed by atoms with van der Waals surface area (Å²) in [7, 11) is -1.43. The predicted octanol–water partition coefficient (Wildman–Crippen LogP) is 0.583. The first-order chi connectivity index (χ1) is 9.61. The van der Waals surface area contributed by atoms with Crippen molar-refractivity contribution in [3.63, 3.8) is 0 Å². The van der Waals surface area contributed by atoms with Crippen LogP contribution in [0.5, 0.6) is 0 Å². The van der Waals surface area contributed by atoms with E-state index in [4.69, 9.17) is 0 Å². The molecule has 1 aromatic carbocycles. The average Bonchev–Trinajstić information content (AvgIpc) is 2.96. The van der Waals surface area contributed by atoms with Crippen LogP contribution in [0.1, 0.15) is 17.5 Å². The molecule has 0 spiro atoms. The van der Waals surface area contributed by atoms with Crippen LogP contribution in [0.3, 0.4) is 0 Å². The van der Waals surface area contributed by atoms with E-state index >= 15 is 0 Å². The van der Waals surface area contributed by atoms with Crippen molar-refractivity contribution in [1.82, 2.24) is 13.9 Å². The molecule has 1 N–H and O–H groups in total. The Morgan fingerprint density at radius 2 is 1.90 bits per heavy atom. The van der Waals surface area contributed by atoms with Gasteiger partial charge in [-0.2, -0.15) is 17.0 Å². The van der Waals surface area contributed by atoms with Crippen molar-refractivity contribution in [2.75, 3.05) is 26.7 Å². The van der Waals surface area contributed by atoms with E-state index < -0.39 is 10.2 Å². The molecular formula is C14H21N3O2S. The molecule has 2 aliphatic heterocycles. The number of fused-ring (bicyclic) bond motifs is 1. The lowest BCUT2D eigenvalue weighted by Gasteiger charge is -2.31. The number of rotatable bonds is 3. The topological polar surface area (TPSA) is 52.7 Å². The van der Waals surface area contributed by atoms with Crippen LogP contribution >= 0.6 is 0 Å². The van der Waals surface area contributed by atoms with Crippen molar-refractivity contribution < 1.29 is 8.42 Å². The van der Waals surface area contributed by atoms with Crippen LogP contribution < -0.4 is 5.32 Å². The Hall–Kier alpha value is -0.950. The standard InChI is InChI=1S/C14H21N3O2S/c1-15-14-7-9-17(11-14)20(18,19)16-8-6-12-4-2-3-5-13(12)10-16/h2-5,14-15H,6-11H2,1H3. The van der Waals surface area contributed by atoms with Gasteiger partial charge in [0, 0.05) is 32.2 Å². The van der Waals surface area contributed by atoms with Crippen molar-refractivity contribution in [3.8, 4) is 0 Å². The van der Waals surface area contributed by atoms with Crippen molar-refractivity contribution in [1.29, 1.82) is 0 Å². The van der Waals surface area contributed by atoms with Crippen molar-refractivity contribution in [2.24, 2.45) is 0 Å². The van der Waals surface area contributed by atoms with Gasteiger partial charge in [-0.25, -0.2) is 0 Å². The molecule has 0 aromatic heterocycles. The molecule has 0 bridgehead atoms. The van der Waals surface area contributed by atoms with Gasteiger partial charge in [0.2, 0.25) is 0 Å². The minimum Gasteiger partial charge on any atom is -0.316 e. The molecule has 0 amide bonds. The molecule has 1 aromatic rings. The zero-order chi connectivity index (χ0) is 14.2. The highest BCUT2D eigenvalue weighted by molar-refractivity contribution is 7.86. The van der Waals surface area contributed by atoms with Crippen LogP contribution in [0.2, 0.25) is 0 Å². The number of hydrogen-bond acceptors (Lipinski definition) is 3. The molecule has 5 nitrogen and oxygen atoms in total. The van der Waals surface area contributed by atoms with Crippen LogP contribution in [-0.4, -0.2) is 49.8 Å². The monoisotopic (exact) mass is 295 g/mol. The Morgan fingerprint density at radius 1 is 1.15 bits per heavy atom. The first-order valence-corrected chi connectivity index (χ1v) is 8.50. The SMILES string of the molecule is CNC1CCN(S(=O)(=O)N2CCc3ccccc3C2)C1. The zero-order valence-electron chi connectivity index (χ0n) is 11.7. The van der Waals surface area contributed by atoms with Crippen molar-refractivity contribution >= 4 is 10.2 Å². The molecule has 2 heterocycles. The van der Waals surface area contributed by atoms with Gasteiger partial charge >= 0.3 is 0 Å². The Balaban J connectivity index is 1.77. The first-order valence-electron chi connectivity index (χ1n) is 7.10. The van der Waals surface area contributed by atoms with E-state index in [1.807, 2.05) is 25.2 Å². The quantitative estimate of drug-likeness (QED) is 0.888. The number of nitrogens with zero attached hydrogens (tertiary/aromatic N) is 2. The number of likely N-dealkylation sites (N-methyl/N-ethyl adjacent to an activating group) is 1. The zero-order valence-corrected chi connectivity index (χ0v) is 12.6. The van der Waals surface area contributed by atoms with Gasteiger partial charge < -0.3 is 5.32 Å². The second-order valence-electron chi connectivity index (χ2n) is 5.49. The number of nitrogens with one attached hydrogen (secondary N) is 1. The molecule has 0 saturated carbocycles. The lowest BCUT2D eigenvalue weighted by Crippen LogP contribution is -2.45. The van der Waals surface area contributed by atoms with E-state index in [2.05, 4.69) is 11.4 Å². The summed E-state index contributed by atoms with van der Waals surface area (Å²) < 4.78 is 28.6. The molecule has 1 saturated heterocycles. The van der Waals surface area contributed by atoms with Crippen LogP contribution in [0, 0.1) is 0 Å². The van der Waals surface area contributed by atoms with Crippen LogP contribution in [-0.2, 0) is 23.2 Å². The van der Waals surface area contributed by atoms with Crippen molar-refractivity contribution in [2.45, 2.75) is 25.4 Å². The molecule has 6 heteroatoms. The molecule has 110 valence electrons. The van der Waals surface area contributed by atoms with Gasteiger partial charge in [0.1, 0.15) is 0 Å². The molecule has 20 heavy (non-hydrogen) atoms. The lowest BCUT2D eigenvalue weighted by molar-refractivity contribution is 0.343. The molecule has 3 rings (SSSR count). The minimum atomic E-state index is -3.32. The van der Waals surface area contributed by atoms with E-state index in [1.54, 1.807) is 8.61 Å². The van der Waals surface area contributed by atoms with Crippen LogP contribution in [0.4, 0.5) is 0 Å². The fourth-order valence-electron chi connectivity index (χ4n) is 3.00. The van der Waals surface area contributed by atoms with Crippen LogP contribution in [0.25, 0.3) is 0 Å². The van der Waals surface area contributed by atoms with E-state index in [1.165, 1.54) is 5.56 Å². The van der Waals surface area contributed by atoms with Gasteiger partial charge in [-0.3, -0.25) is 0 Å². The average molecular weight is 295 g/mol. The molecule has 1 fully saturated rings. The maximum Gasteiger partial charge on any atom is 0.282 e. The molecule has 0 aliphatic carbocycles. The third kappa shape index (κ3) is 2.48. The normalized spacial score (nSPS) is 24.8. The molecule has 1 atom stereocenters. The van der Waals surface area contributed by atoms with E-state index in [-0.39, 0.29) is 6.04 Å². The summed E-state index contributed by atoms with van der Waals surface area (Å²) in [4.78, 5) is 0. The predicted molar refractivity (Wildman–Crippen MR) is 78.5 cm³/mol. The Labute approximate surface area is 120 Å². The lowest BCUT2D eigenvalue weighted by atomic mass is 10.0. The summed E-state index contributed by atoms with van der Waals surface area (Å²) in [5.74, 6) is 0. The van der Waals surface area contributed by atoms with Gasteiger partial charge in [-0.1, -0.05) is 24.3 Å². The summed E-state index contributed by atoms with van der Waals surface area (Å²) in [6.07, 6.45) is 1.69. The van der Waals surface area contributed by atoms with Crippen molar-refractivity contribution in [3.05, 3.63) is 35.4 Å².